The first-order chi connectivity index (χ1) is 8.27. The standard InChI is InChI=1S/C12H19N3O2/c1-2-3-4-8-17-9-10-6-5-7-11(14-10)12(16)15-13/h5-7H,2-4,8-9,13H2,1H3,(H,15,16). The molecule has 0 aliphatic rings. The van der Waals surface area contributed by atoms with Gasteiger partial charge in [-0.2, -0.15) is 0 Å². The minimum Gasteiger partial charge on any atom is -0.375 e. The molecule has 0 spiro atoms. The topological polar surface area (TPSA) is 77.2 Å². The molecular formula is C12H19N3O2. The number of amides is 1. The molecule has 0 saturated heterocycles. The monoisotopic (exact) mass is 237 g/mol. The summed E-state index contributed by atoms with van der Waals surface area (Å²) < 4.78 is 5.46. The van der Waals surface area contributed by atoms with Gasteiger partial charge in [0.2, 0.25) is 0 Å². The zero-order valence-electron chi connectivity index (χ0n) is 10.1. The number of nitrogens with one attached hydrogen (secondary N) is 1. The molecule has 5 nitrogen and oxygen atoms in total. The maximum atomic E-state index is 11.2. The normalized spacial score (nSPS) is 10.2. The van der Waals surface area contributed by atoms with E-state index in [-0.39, 0.29) is 0 Å². The molecule has 0 aromatic carbocycles. The van der Waals surface area contributed by atoms with Crippen molar-refractivity contribution in [3.05, 3.63) is 29.6 Å². The third-order valence-corrected chi connectivity index (χ3v) is 2.31. The van der Waals surface area contributed by atoms with Crippen molar-refractivity contribution in [3.8, 4) is 0 Å². The minimum absolute atomic E-state index is 0.308. The lowest BCUT2D eigenvalue weighted by Crippen LogP contribution is -2.30. The number of nitrogen functional groups attached to an aromatic ring is 1. The number of rotatable bonds is 7. The fraction of sp³-hybridized carbons (Fsp3) is 0.500. The molecule has 0 saturated carbocycles. The van der Waals surface area contributed by atoms with Gasteiger partial charge < -0.3 is 4.74 Å². The summed E-state index contributed by atoms with van der Waals surface area (Å²) in [4.78, 5) is 15.4. The van der Waals surface area contributed by atoms with Crippen LogP contribution in [0.15, 0.2) is 18.2 Å². The second kappa shape index (κ2) is 7.76. The van der Waals surface area contributed by atoms with Crippen LogP contribution in [0.2, 0.25) is 0 Å². The Morgan fingerprint density at radius 3 is 3.00 bits per heavy atom. The molecule has 1 rings (SSSR count). The first-order valence-corrected chi connectivity index (χ1v) is 5.82. The van der Waals surface area contributed by atoms with Gasteiger partial charge in [0.05, 0.1) is 12.3 Å². The van der Waals surface area contributed by atoms with Gasteiger partial charge in [-0.3, -0.25) is 10.2 Å². The number of aromatic nitrogens is 1. The SMILES string of the molecule is CCCCCOCc1cccc(C(=O)NN)n1. The van der Waals surface area contributed by atoms with Crippen molar-refractivity contribution in [2.75, 3.05) is 6.61 Å². The molecule has 0 aliphatic carbocycles. The highest BCUT2D eigenvalue weighted by Crippen LogP contribution is 2.02. The number of hydrogen-bond acceptors (Lipinski definition) is 4. The largest absolute Gasteiger partial charge is 0.375 e. The Bertz CT molecular complexity index is 355. The first kappa shape index (κ1) is 13.6. The summed E-state index contributed by atoms with van der Waals surface area (Å²) in [7, 11) is 0. The van der Waals surface area contributed by atoms with E-state index >= 15 is 0 Å². The van der Waals surface area contributed by atoms with Crippen molar-refractivity contribution >= 4 is 5.91 Å². The van der Waals surface area contributed by atoms with Gasteiger partial charge in [0.25, 0.3) is 5.91 Å². The van der Waals surface area contributed by atoms with Gasteiger partial charge in [0.1, 0.15) is 5.69 Å². The van der Waals surface area contributed by atoms with E-state index in [1.54, 1.807) is 12.1 Å². The van der Waals surface area contributed by atoms with Crippen LogP contribution in [0.25, 0.3) is 0 Å². The van der Waals surface area contributed by atoms with E-state index in [1.807, 2.05) is 6.07 Å². The molecule has 3 N–H and O–H groups in total. The molecule has 1 aromatic heterocycles. The number of hydrogen-bond donors (Lipinski definition) is 2. The van der Waals surface area contributed by atoms with Crippen LogP contribution in [-0.4, -0.2) is 17.5 Å². The van der Waals surface area contributed by atoms with Crippen LogP contribution >= 0.6 is 0 Å². The van der Waals surface area contributed by atoms with E-state index in [0.29, 0.717) is 12.3 Å². The molecule has 0 aliphatic heterocycles. The number of nitrogens with two attached hydrogens (primary N) is 1. The predicted octanol–water partition coefficient (Wildman–Crippen LogP) is 1.39. The number of hydrazine groups is 1. The van der Waals surface area contributed by atoms with Crippen molar-refractivity contribution in [1.82, 2.24) is 10.4 Å². The summed E-state index contributed by atoms with van der Waals surface area (Å²) in [6.45, 7) is 3.30. The quantitative estimate of drug-likeness (QED) is 0.325. The predicted molar refractivity (Wildman–Crippen MR) is 65.1 cm³/mol. The maximum Gasteiger partial charge on any atom is 0.283 e. The fourth-order valence-corrected chi connectivity index (χ4v) is 1.39. The van der Waals surface area contributed by atoms with Crippen LogP contribution in [0.3, 0.4) is 0 Å². The Balaban J connectivity index is 2.40. The van der Waals surface area contributed by atoms with Crippen LogP contribution in [0, 0.1) is 0 Å². The summed E-state index contributed by atoms with van der Waals surface area (Å²) in [5.41, 5.74) is 3.10. The van der Waals surface area contributed by atoms with Crippen LogP contribution in [0.5, 0.6) is 0 Å². The molecule has 0 fully saturated rings. The molecule has 1 heterocycles. The molecule has 0 atom stereocenters. The highest BCUT2D eigenvalue weighted by atomic mass is 16.5. The lowest BCUT2D eigenvalue weighted by Gasteiger charge is -2.05. The third-order valence-electron chi connectivity index (χ3n) is 2.31. The molecule has 0 bridgehead atoms. The van der Waals surface area contributed by atoms with Crippen LogP contribution in [-0.2, 0) is 11.3 Å². The Hall–Kier alpha value is -1.46. The van der Waals surface area contributed by atoms with Gasteiger partial charge >= 0.3 is 0 Å². The zero-order chi connectivity index (χ0) is 12.5. The van der Waals surface area contributed by atoms with Crippen molar-refractivity contribution in [1.29, 1.82) is 0 Å². The molecule has 5 heteroatoms. The van der Waals surface area contributed by atoms with E-state index in [2.05, 4.69) is 17.3 Å². The number of ether oxygens (including phenoxy) is 1. The van der Waals surface area contributed by atoms with Gasteiger partial charge in [-0.25, -0.2) is 10.8 Å². The summed E-state index contributed by atoms with van der Waals surface area (Å²) in [6.07, 6.45) is 3.40. The van der Waals surface area contributed by atoms with Crippen molar-refractivity contribution in [3.63, 3.8) is 0 Å². The number of carbonyl (C=O) groups is 1. The Morgan fingerprint density at radius 2 is 2.29 bits per heavy atom. The minimum atomic E-state index is -0.391. The number of unbranched alkanes of at least 4 members (excludes halogenated alkanes) is 2. The Kier molecular flexibility index (Phi) is 6.21. The molecule has 0 radical (unpaired) electrons. The zero-order valence-corrected chi connectivity index (χ0v) is 10.1. The smallest absolute Gasteiger partial charge is 0.283 e. The lowest BCUT2D eigenvalue weighted by molar-refractivity contribution is 0.0945. The van der Waals surface area contributed by atoms with E-state index in [9.17, 15) is 4.79 Å². The number of carbonyl (C=O) groups excluding carboxylic acids is 1. The molecule has 17 heavy (non-hydrogen) atoms. The van der Waals surface area contributed by atoms with Crippen molar-refractivity contribution in [2.45, 2.75) is 32.8 Å². The third kappa shape index (κ3) is 4.93. The summed E-state index contributed by atoms with van der Waals surface area (Å²) in [5.74, 6) is 4.65. The van der Waals surface area contributed by atoms with Gasteiger partial charge in [0.15, 0.2) is 0 Å². The average molecular weight is 237 g/mol. The summed E-state index contributed by atoms with van der Waals surface area (Å²) in [6, 6.07) is 5.21. The lowest BCUT2D eigenvalue weighted by atomic mass is 10.3. The Morgan fingerprint density at radius 1 is 1.47 bits per heavy atom. The summed E-state index contributed by atoms with van der Waals surface area (Å²) in [5, 5.41) is 0. The molecule has 0 unspecified atom stereocenters. The van der Waals surface area contributed by atoms with E-state index in [0.717, 1.165) is 18.7 Å². The first-order valence-electron chi connectivity index (χ1n) is 5.82. The van der Waals surface area contributed by atoms with Gasteiger partial charge in [-0.05, 0) is 18.6 Å². The van der Waals surface area contributed by atoms with E-state index in [1.165, 1.54) is 12.8 Å². The van der Waals surface area contributed by atoms with Crippen LogP contribution < -0.4 is 11.3 Å². The molecule has 1 aromatic rings. The fourth-order valence-electron chi connectivity index (χ4n) is 1.39. The molecular weight excluding hydrogens is 218 g/mol. The highest BCUT2D eigenvalue weighted by molar-refractivity contribution is 5.91. The average Bonchev–Trinajstić information content (AvgIpc) is 2.38. The van der Waals surface area contributed by atoms with E-state index < -0.39 is 5.91 Å². The maximum absolute atomic E-state index is 11.2. The van der Waals surface area contributed by atoms with E-state index in [4.69, 9.17) is 10.6 Å². The number of pyridine rings is 1. The van der Waals surface area contributed by atoms with Gasteiger partial charge in [0, 0.05) is 6.61 Å². The highest BCUT2D eigenvalue weighted by Gasteiger charge is 2.05. The molecule has 1 amide bonds. The number of nitrogens with zero attached hydrogens (tertiary/aromatic N) is 1. The van der Waals surface area contributed by atoms with Gasteiger partial charge in [-0.15, -0.1) is 0 Å². The molecule has 94 valence electrons. The Labute approximate surface area is 101 Å². The summed E-state index contributed by atoms with van der Waals surface area (Å²) >= 11 is 0. The van der Waals surface area contributed by atoms with Crippen molar-refractivity contribution in [2.24, 2.45) is 5.84 Å². The second-order valence-electron chi connectivity index (χ2n) is 3.75. The van der Waals surface area contributed by atoms with Crippen LogP contribution in [0.4, 0.5) is 0 Å². The van der Waals surface area contributed by atoms with Crippen LogP contribution in [0.1, 0.15) is 42.4 Å². The van der Waals surface area contributed by atoms with Crippen molar-refractivity contribution < 1.29 is 9.53 Å². The second-order valence-corrected chi connectivity index (χ2v) is 3.75. The van der Waals surface area contributed by atoms with Gasteiger partial charge in [-0.1, -0.05) is 25.8 Å².